The topological polar surface area (TPSA) is 93.6 Å². The van der Waals surface area contributed by atoms with E-state index in [0.717, 1.165) is 31.4 Å². The Kier molecular flexibility index (Phi) is 8.90. The van der Waals surface area contributed by atoms with Gasteiger partial charge in [-0.1, -0.05) is 0 Å². The van der Waals surface area contributed by atoms with Crippen LogP contribution in [0.2, 0.25) is 0 Å². The Morgan fingerprint density at radius 3 is 2.67 bits per heavy atom. The van der Waals surface area contributed by atoms with E-state index in [2.05, 4.69) is 9.88 Å². The van der Waals surface area contributed by atoms with Crippen LogP contribution in [0.25, 0.3) is 21.3 Å². The van der Waals surface area contributed by atoms with Gasteiger partial charge in [0.2, 0.25) is 0 Å². The molecule has 3 aliphatic heterocycles. The number of pyridine rings is 1. The molecule has 46 heavy (non-hydrogen) atoms. The molecule has 13 heteroatoms. The molecule has 0 saturated carbocycles. The number of hydrogen-bond acceptors (Lipinski definition) is 9. The fraction of sp³-hybridized carbons (Fsp3) is 0.576. The quantitative estimate of drug-likeness (QED) is 0.302. The SMILES string of the molecule is CC(C)(C)OC(=O)N1C[C@@H](N2CCOc3cc(C(F)(F)F)cc(-c4ccnc5cc(CO)sc45)c32)C[C@@]1(C)CO[C@H]1CCCCO1. The molecule has 0 bridgehead atoms. The zero-order valence-electron chi connectivity index (χ0n) is 26.5. The molecule has 3 aromatic rings. The molecule has 0 spiro atoms. The van der Waals surface area contributed by atoms with Gasteiger partial charge in [-0.15, -0.1) is 11.3 Å². The van der Waals surface area contributed by atoms with Crippen LogP contribution in [0.15, 0.2) is 30.5 Å². The number of carbonyl (C=O) groups excluding carboxylic acids is 1. The number of fused-ring (bicyclic) bond motifs is 2. The van der Waals surface area contributed by atoms with Gasteiger partial charge in [0.15, 0.2) is 6.29 Å². The molecule has 6 rings (SSSR count). The van der Waals surface area contributed by atoms with E-state index in [1.165, 1.54) is 11.3 Å². The number of carbonyl (C=O) groups is 1. The van der Waals surface area contributed by atoms with Crippen LogP contribution < -0.4 is 9.64 Å². The van der Waals surface area contributed by atoms with Crippen molar-refractivity contribution >= 4 is 33.3 Å². The molecular weight excluding hydrogens is 623 g/mol. The van der Waals surface area contributed by atoms with Crippen molar-refractivity contribution in [1.29, 1.82) is 0 Å². The number of anilines is 1. The van der Waals surface area contributed by atoms with E-state index in [1.54, 1.807) is 23.2 Å². The Balaban J connectivity index is 1.42. The molecule has 2 saturated heterocycles. The number of thiophene rings is 1. The molecule has 0 aliphatic carbocycles. The Bertz CT molecular complexity index is 1590. The van der Waals surface area contributed by atoms with Gasteiger partial charge < -0.3 is 29.0 Å². The molecule has 3 atom stereocenters. The van der Waals surface area contributed by atoms with Crippen LogP contribution in [-0.4, -0.2) is 77.5 Å². The van der Waals surface area contributed by atoms with Crippen LogP contribution in [0.1, 0.15) is 63.8 Å². The second-order valence-electron chi connectivity index (χ2n) is 13.4. The molecule has 1 aromatic carbocycles. The lowest BCUT2D eigenvalue weighted by Crippen LogP contribution is -2.50. The Morgan fingerprint density at radius 2 is 1.98 bits per heavy atom. The van der Waals surface area contributed by atoms with E-state index >= 15 is 0 Å². The second kappa shape index (κ2) is 12.5. The highest BCUT2D eigenvalue weighted by atomic mass is 32.1. The molecule has 5 heterocycles. The lowest BCUT2D eigenvalue weighted by Gasteiger charge is -2.38. The molecule has 2 aromatic heterocycles. The number of nitrogens with zero attached hydrogens (tertiary/aromatic N) is 3. The van der Waals surface area contributed by atoms with E-state index in [-0.39, 0.29) is 44.4 Å². The van der Waals surface area contributed by atoms with Crippen molar-refractivity contribution in [3.8, 4) is 16.9 Å². The average molecular weight is 664 g/mol. The van der Waals surface area contributed by atoms with Gasteiger partial charge in [0, 0.05) is 41.4 Å². The second-order valence-corrected chi connectivity index (χ2v) is 14.5. The van der Waals surface area contributed by atoms with Crippen LogP contribution in [0, 0.1) is 0 Å². The number of rotatable bonds is 6. The van der Waals surface area contributed by atoms with E-state index in [4.69, 9.17) is 18.9 Å². The summed E-state index contributed by atoms with van der Waals surface area (Å²) in [6.07, 6.45) is -0.636. The van der Waals surface area contributed by atoms with Gasteiger partial charge in [-0.25, -0.2) is 4.79 Å². The first-order valence-electron chi connectivity index (χ1n) is 15.6. The van der Waals surface area contributed by atoms with Crippen LogP contribution in [0.5, 0.6) is 5.75 Å². The molecule has 9 nitrogen and oxygen atoms in total. The third kappa shape index (κ3) is 6.65. The number of hydrogen-bond donors (Lipinski definition) is 1. The molecule has 0 unspecified atom stereocenters. The summed E-state index contributed by atoms with van der Waals surface area (Å²) in [7, 11) is 0. The first kappa shape index (κ1) is 32.8. The van der Waals surface area contributed by atoms with Crippen molar-refractivity contribution < 1.29 is 42.0 Å². The Hall–Kier alpha value is -3.13. The van der Waals surface area contributed by atoms with E-state index < -0.39 is 29.0 Å². The van der Waals surface area contributed by atoms with E-state index in [0.29, 0.717) is 51.5 Å². The summed E-state index contributed by atoms with van der Waals surface area (Å²) in [5, 5.41) is 9.79. The van der Waals surface area contributed by atoms with Crippen LogP contribution in [-0.2, 0) is 27.0 Å². The van der Waals surface area contributed by atoms with E-state index in [9.17, 15) is 23.1 Å². The summed E-state index contributed by atoms with van der Waals surface area (Å²) in [5.41, 5.74) is -0.279. The fourth-order valence-corrected chi connectivity index (χ4v) is 7.58. The summed E-state index contributed by atoms with van der Waals surface area (Å²) in [6, 6.07) is 5.39. The zero-order chi connectivity index (χ0) is 32.9. The summed E-state index contributed by atoms with van der Waals surface area (Å²) < 4.78 is 67.2. The molecular formula is C33H40F3N3O6S. The number of benzene rings is 1. The van der Waals surface area contributed by atoms with Gasteiger partial charge in [-0.2, -0.15) is 13.2 Å². The maximum absolute atomic E-state index is 14.2. The van der Waals surface area contributed by atoms with Gasteiger partial charge in [0.25, 0.3) is 0 Å². The van der Waals surface area contributed by atoms with Crippen molar-refractivity contribution in [2.45, 2.75) is 89.6 Å². The number of amides is 1. The van der Waals surface area contributed by atoms with Crippen LogP contribution in [0.3, 0.4) is 0 Å². The fourth-order valence-electron chi connectivity index (χ4n) is 6.58. The predicted octanol–water partition coefficient (Wildman–Crippen LogP) is 6.98. The molecule has 2 fully saturated rings. The first-order valence-corrected chi connectivity index (χ1v) is 16.4. The van der Waals surface area contributed by atoms with Crippen LogP contribution >= 0.6 is 11.3 Å². The average Bonchev–Trinajstić information content (AvgIpc) is 3.60. The number of ether oxygens (including phenoxy) is 4. The van der Waals surface area contributed by atoms with Gasteiger partial charge in [-0.05, 0) is 77.6 Å². The maximum atomic E-state index is 14.2. The number of likely N-dealkylation sites (tertiary alicyclic amines) is 1. The molecule has 250 valence electrons. The summed E-state index contributed by atoms with van der Waals surface area (Å²) >= 11 is 1.29. The number of aliphatic hydroxyl groups excluding tert-OH is 1. The maximum Gasteiger partial charge on any atom is 0.416 e. The number of aliphatic hydroxyl groups is 1. The number of halogens is 3. The van der Waals surface area contributed by atoms with Gasteiger partial charge in [0.1, 0.15) is 18.0 Å². The lowest BCUT2D eigenvalue weighted by atomic mass is 9.94. The predicted molar refractivity (Wildman–Crippen MR) is 168 cm³/mol. The van der Waals surface area contributed by atoms with E-state index in [1.807, 2.05) is 27.7 Å². The molecule has 3 aliphatic rings. The van der Waals surface area contributed by atoms with Gasteiger partial charge in [-0.3, -0.25) is 9.88 Å². The largest absolute Gasteiger partial charge is 0.490 e. The molecule has 1 amide bonds. The lowest BCUT2D eigenvalue weighted by molar-refractivity contribution is -0.177. The number of aromatic nitrogens is 1. The third-order valence-electron chi connectivity index (χ3n) is 8.68. The van der Waals surface area contributed by atoms with Gasteiger partial charge >= 0.3 is 12.3 Å². The Morgan fingerprint density at radius 1 is 1.17 bits per heavy atom. The first-order chi connectivity index (χ1) is 21.8. The minimum absolute atomic E-state index is 0.129. The van der Waals surface area contributed by atoms with Crippen molar-refractivity contribution in [2.75, 3.05) is 37.8 Å². The minimum Gasteiger partial charge on any atom is -0.490 e. The minimum atomic E-state index is -4.61. The monoisotopic (exact) mass is 663 g/mol. The van der Waals surface area contributed by atoms with Gasteiger partial charge in [0.05, 0.1) is 46.8 Å². The number of alkyl halides is 3. The summed E-state index contributed by atoms with van der Waals surface area (Å²) in [4.78, 5) is 22.5. The highest BCUT2D eigenvalue weighted by molar-refractivity contribution is 7.19. The molecule has 1 N–H and O–H groups in total. The highest BCUT2D eigenvalue weighted by Gasteiger charge is 2.50. The summed E-state index contributed by atoms with van der Waals surface area (Å²) in [5.74, 6) is 0.129. The Labute approximate surface area is 270 Å². The summed E-state index contributed by atoms with van der Waals surface area (Å²) in [6.45, 7) is 8.90. The van der Waals surface area contributed by atoms with Crippen molar-refractivity contribution in [3.05, 3.63) is 40.9 Å². The normalized spacial score (nSPS) is 23.8. The van der Waals surface area contributed by atoms with Crippen molar-refractivity contribution in [2.24, 2.45) is 0 Å². The van der Waals surface area contributed by atoms with Crippen LogP contribution in [0.4, 0.5) is 23.7 Å². The van der Waals surface area contributed by atoms with Crippen molar-refractivity contribution in [1.82, 2.24) is 9.88 Å². The van der Waals surface area contributed by atoms with Crippen molar-refractivity contribution in [3.63, 3.8) is 0 Å². The standard InChI is InChI=1S/C33H40F3N3O6S/c1-31(2,3)45-30(41)39-17-21(16-32(39,4)19-44-27-7-5-6-11-43-27)38-10-12-42-26-14-20(33(34,35)36)13-24(28(26)38)23-8-9-37-25-15-22(18-40)46-29(23)25/h8-9,13-15,21,27,40H,5-7,10-12,16-19H2,1-4H3/t21-,27-,32-/m0/s1. The highest BCUT2D eigenvalue weighted by Crippen LogP contribution is 2.49. The molecule has 0 radical (unpaired) electrons. The smallest absolute Gasteiger partial charge is 0.416 e. The third-order valence-corrected chi connectivity index (χ3v) is 9.82. The zero-order valence-corrected chi connectivity index (χ0v) is 27.3.